The van der Waals surface area contributed by atoms with Crippen LogP contribution in [0.25, 0.3) is 33.8 Å². The van der Waals surface area contributed by atoms with Crippen LogP contribution in [0.2, 0.25) is 10.0 Å². The second kappa shape index (κ2) is 29.6. The van der Waals surface area contributed by atoms with E-state index in [1.165, 1.54) is 0 Å². The fourth-order valence-corrected chi connectivity index (χ4v) is 9.67. The van der Waals surface area contributed by atoms with Gasteiger partial charge in [0, 0.05) is 71.3 Å². The predicted octanol–water partition coefficient (Wildman–Crippen LogP) is 9.03. The van der Waals surface area contributed by atoms with Gasteiger partial charge in [-0.2, -0.15) is 0 Å². The van der Waals surface area contributed by atoms with Crippen LogP contribution in [0, 0.1) is 0 Å². The highest BCUT2D eigenvalue weighted by atomic mass is 35.5. The molecule has 0 radical (unpaired) electrons. The molecule has 0 saturated heterocycles. The third-order valence-corrected chi connectivity index (χ3v) is 13.8. The van der Waals surface area contributed by atoms with Gasteiger partial charge in [0.25, 0.3) is 11.8 Å². The first-order chi connectivity index (χ1) is 40.0. The molecule has 0 bridgehead atoms. The van der Waals surface area contributed by atoms with Crippen LogP contribution in [0.3, 0.4) is 0 Å². The number of aliphatic hydroxyl groups excluding tert-OH is 2. The van der Waals surface area contributed by atoms with E-state index in [0.29, 0.717) is 56.8 Å². The van der Waals surface area contributed by atoms with Gasteiger partial charge in [0.05, 0.1) is 71.0 Å². The van der Waals surface area contributed by atoms with E-state index < -0.39 is 12.2 Å². The molecule has 0 aliphatic heterocycles. The van der Waals surface area contributed by atoms with Gasteiger partial charge in [0.2, 0.25) is 11.8 Å². The Morgan fingerprint density at radius 2 is 0.917 bits per heavy atom. The lowest BCUT2D eigenvalue weighted by molar-refractivity contribution is -0.122. The molecule has 0 spiro atoms. The van der Waals surface area contributed by atoms with Gasteiger partial charge < -0.3 is 59.6 Å². The number of imidazole rings is 2. The minimum absolute atomic E-state index is 0.0434. The summed E-state index contributed by atoms with van der Waals surface area (Å²) >= 11 is 12.7. The molecule has 4 aromatic heterocycles. The zero-order chi connectivity index (χ0) is 60.8. The summed E-state index contributed by atoms with van der Waals surface area (Å²) in [5.41, 5.74) is 9.16. The van der Waals surface area contributed by atoms with Gasteiger partial charge in [-0.15, -0.1) is 0 Å². The maximum absolute atomic E-state index is 13.2. The maximum atomic E-state index is 13.2. The summed E-state index contributed by atoms with van der Waals surface area (Å²) in [6.07, 6.45) is 7.32. The van der Waals surface area contributed by atoms with E-state index in [0.717, 1.165) is 44.8 Å². The Morgan fingerprint density at radius 3 is 1.24 bits per heavy atom. The molecule has 0 aliphatic carbocycles. The molecule has 8 aromatic rings. The highest BCUT2D eigenvalue weighted by Gasteiger charge is 2.21. The second-order valence-electron chi connectivity index (χ2n) is 21.8. The van der Waals surface area contributed by atoms with E-state index in [1.807, 2.05) is 162 Å². The van der Waals surface area contributed by atoms with Gasteiger partial charge in [-0.05, 0) is 142 Å². The molecule has 20 heteroatoms. The highest BCUT2D eigenvalue weighted by molar-refractivity contribution is 6.32. The largest absolute Gasteiger partial charge is 0.489 e. The smallest absolute Gasteiger partial charge is 0.251 e. The minimum atomic E-state index is -0.626. The summed E-state index contributed by atoms with van der Waals surface area (Å²) in [7, 11) is 7.30. The molecule has 8 rings (SSSR count). The summed E-state index contributed by atoms with van der Waals surface area (Å²) in [5, 5.41) is 32.9. The van der Waals surface area contributed by atoms with Crippen molar-refractivity contribution in [2.24, 2.45) is 0 Å². The number of amides is 4. The molecule has 4 heterocycles. The lowest BCUT2D eigenvalue weighted by atomic mass is 10.0. The van der Waals surface area contributed by atoms with Crippen LogP contribution >= 0.6 is 23.2 Å². The van der Waals surface area contributed by atoms with Crippen molar-refractivity contribution in [3.8, 4) is 34.0 Å². The van der Waals surface area contributed by atoms with Crippen molar-refractivity contribution in [2.45, 2.75) is 90.9 Å². The van der Waals surface area contributed by atoms with E-state index in [2.05, 4.69) is 21.3 Å². The number of fused-ring (bicyclic) bond motifs is 2. The number of hydrogen-bond donors (Lipinski definition) is 6. The predicted molar refractivity (Wildman–Crippen MR) is 330 cm³/mol. The number of aromatic nitrogens is 4. The van der Waals surface area contributed by atoms with Gasteiger partial charge in [0.15, 0.2) is 0 Å². The van der Waals surface area contributed by atoms with Gasteiger partial charge in [-0.1, -0.05) is 83.9 Å². The van der Waals surface area contributed by atoms with Crippen molar-refractivity contribution in [2.75, 3.05) is 54.4 Å². The van der Waals surface area contributed by atoms with E-state index >= 15 is 0 Å². The third kappa shape index (κ3) is 18.1. The molecule has 84 heavy (non-hydrogen) atoms. The monoisotopic (exact) mass is 1180 g/mol. The molecule has 18 nitrogen and oxygen atoms in total. The van der Waals surface area contributed by atoms with Crippen LogP contribution in [-0.4, -0.2) is 141 Å². The number of nitrogens with zero attached hydrogens (tertiary/aromatic N) is 6. The summed E-state index contributed by atoms with van der Waals surface area (Å²) in [4.78, 5) is 64.2. The molecule has 4 amide bonds. The number of aliphatic hydroxyl groups is 2. The number of likely N-dealkylation sites (N-methyl/N-ethyl adjacent to an activating group) is 2. The molecule has 4 aromatic carbocycles. The number of ether oxygens (including phenoxy) is 2. The van der Waals surface area contributed by atoms with Gasteiger partial charge in [-0.25, -0.2) is 9.97 Å². The average Bonchev–Trinajstić information content (AvgIpc) is 4.27. The number of rotatable bonds is 24. The van der Waals surface area contributed by atoms with Crippen molar-refractivity contribution in [3.05, 3.63) is 177 Å². The Kier molecular flexibility index (Phi) is 22.5. The van der Waals surface area contributed by atoms with E-state index in [9.17, 15) is 29.4 Å². The standard InChI is InChI=1S/2C32H38ClN5O4/c2*1-20(2)42-29-13-12-24(16-27(29)33)32(41)35-25(17-34-30(40)19-37(4)5)15-22-8-10-23(11-9-22)28-18-38-14-6-7-26(21(3)39)31(38)36-28/h2*6-14,16,18,20-21,25,39H,15,17,19H2,1-5H3,(H,34,40)(H,35,41)/t2*21-,25-/m00/s1. The minimum Gasteiger partial charge on any atom is -0.489 e. The fraction of sp³-hybridized carbons (Fsp3) is 0.344. The maximum Gasteiger partial charge on any atom is 0.251 e. The van der Waals surface area contributed by atoms with Gasteiger partial charge >= 0.3 is 0 Å². The topological polar surface area (TPSA) is 216 Å². The Morgan fingerprint density at radius 1 is 0.548 bits per heavy atom. The zero-order valence-corrected chi connectivity index (χ0v) is 50.7. The van der Waals surface area contributed by atoms with Crippen molar-refractivity contribution < 1.29 is 38.9 Å². The van der Waals surface area contributed by atoms with Crippen LogP contribution in [0.4, 0.5) is 0 Å². The summed E-state index contributed by atoms with van der Waals surface area (Å²) in [5.74, 6) is 0.185. The molecule has 0 saturated carbocycles. The van der Waals surface area contributed by atoms with E-state index in [-0.39, 0.29) is 74.1 Å². The number of nitrogens with one attached hydrogen (secondary N) is 4. The lowest BCUT2D eigenvalue weighted by Crippen LogP contribution is -2.46. The summed E-state index contributed by atoms with van der Waals surface area (Å²) < 4.78 is 15.2. The number of benzene rings is 4. The van der Waals surface area contributed by atoms with Crippen LogP contribution in [0.1, 0.15) is 96.7 Å². The summed E-state index contributed by atoms with van der Waals surface area (Å²) in [6, 6.07) is 32.6. The van der Waals surface area contributed by atoms with Crippen LogP contribution in [-0.2, 0) is 22.4 Å². The highest BCUT2D eigenvalue weighted by Crippen LogP contribution is 2.30. The van der Waals surface area contributed by atoms with Crippen molar-refractivity contribution in [1.29, 1.82) is 0 Å². The SMILES string of the molecule is CC(C)Oc1ccc(C(=O)N[C@H](CNC(=O)CN(C)C)Cc2ccc(-c3cn4cccc([C@H](C)O)c4n3)cc2)cc1Cl.CC(C)Oc1ccc(C(=O)N[C@H](CNC(=O)CN(C)C)Cc2ccc(-c3cn4cccc([C@H](C)O)c4n3)cc2)cc1Cl. The number of carbonyl (C=O) groups excluding carboxylic acids is 4. The van der Waals surface area contributed by atoms with Crippen LogP contribution < -0.4 is 30.7 Å². The molecular weight excluding hydrogens is 1110 g/mol. The molecular formula is C64H76Cl2N10O8. The molecule has 6 N–H and O–H groups in total. The Bertz CT molecular complexity index is 3290. The fourth-order valence-electron chi connectivity index (χ4n) is 9.22. The molecule has 0 unspecified atom stereocenters. The Labute approximate surface area is 501 Å². The Hall–Kier alpha value is -7.84. The first-order valence-corrected chi connectivity index (χ1v) is 28.6. The van der Waals surface area contributed by atoms with Crippen LogP contribution in [0.15, 0.2) is 134 Å². The van der Waals surface area contributed by atoms with Crippen molar-refractivity contribution >= 4 is 58.1 Å². The first kappa shape index (κ1) is 63.7. The third-order valence-electron chi connectivity index (χ3n) is 13.2. The normalized spacial score (nSPS) is 12.9. The lowest BCUT2D eigenvalue weighted by Gasteiger charge is -2.21. The molecule has 0 aliphatic rings. The van der Waals surface area contributed by atoms with Gasteiger partial charge in [-0.3, -0.25) is 19.2 Å². The van der Waals surface area contributed by atoms with E-state index in [1.54, 1.807) is 60.0 Å². The second-order valence-corrected chi connectivity index (χ2v) is 22.7. The molecule has 4 atom stereocenters. The van der Waals surface area contributed by atoms with Crippen molar-refractivity contribution in [3.63, 3.8) is 0 Å². The van der Waals surface area contributed by atoms with Crippen molar-refractivity contribution in [1.82, 2.24) is 49.8 Å². The van der Waals surface area contributed by atoms with Gasteiger partial charge in [0.1, 0.15) is 22.8 Å². The molecule has 444 valence electrons. The zero-order valence-electron chi connectivity index (χ0n) is 49.2. The summed E-state index contributed by atoms with van der Waals surface area (Å²) in [6.45, 7) is 12.1. The number of hydrogen-bond acceptors (Lipinski definition) is 12. The quantitative estimate of drug-likeness (QED) is 0.0334. The number of carbonyl (C=O) groups is 4. The number of halogens is 2. The van der Waals surface area contributed by atoms with E-state index in [4.69, 9.17) is 42.6 Å². The molecule has 0 fully saturated rings. The van der Waals surface area contributed by atoms with Crippen LogP contribution in [0.5, 0.6) is 11.5 Å². The number of pyridine rings is 2. The average molecular weight is 1180 g/mol. The Balaban J connectivity index is 0.000000241. The first-order valence-electron chi connectivity index (χ1n) is 27.9.